The number of rotatable bonds is 7. The van der Waals surface area contributed by atoms with Crippen LogP contribution in [0.25, 0.3) is 10.4 Å². The normalized spacial score (nSPS) is 9.79. The molecule has 0 aliphatic rings. The minimum atomic E-state index is 0.0343. The van der Waals surface area contributed by atoms with E-state index in [9.17, 15) is 4.79 Å². The molecule has 5 nitrogen and oxygen atoms in total. The Morgan fingerprint density at radius 1 is 1.32 bits per heavy atom. The number of nitrogens with zero attached hydrogens (tertiary/aromatic N) is 3. The van der Waals surface area contributed by atoms with E-state index in [1.807, 2.05) is 19.1 Å². The van der Waals surface area contributed by atoms with Crippen LogP contribution in [0.3, 0.4) is 0 Å². The van der Waals surface area contributed by atoms with Crippen LogP contribution in [0, 0.1) is 13.8 Å². The average Bonchev–Trinajstić information content (AvgIpc) is 2.38. The van der Waals surface area contributed by atoms with Gasteiger partial charge in [-0.05, 0) is 48.9 Å². The minimum Gasteiger partial charge on any atom is -0.356 e. The van der Waals surface area contributed by atoms with E-state index in [0.29, 0.717) is 19.5 Å². The number of carbonyl (C=O) groups excluding carboxylic acids is 1. The summed E-state index contributed by atoms with van der Waals surface area (Å²) in [6, 6.07) is 6.08. The first-order chi connectivity index (χ1) is 9.13. The number of unbranched alkanes of at least 4 members (excludes halogenated alkanes) is 1. The summed E-state index contributed by atoms with van der Waals surface area (Å²) in [7, 11) is 0. The van der Waals surface area contributed by atoms with E-state index < -0.39 is 0 Å². The number of amides is 1. The number of hydrogen-bond acceptors (Lipinski definition) is 2. The number of carbonyl (C=O) groups is 1. The van der Waals surface area contributed by atoms with Gasteiger partial charge in [-0.3, -0.25) is 4.79 Å². The zero-order valence-electron chi connectivity index (χ0n) is 11.5. The third kappa shape index (κ3) is 5.93. The van der Waals surface area contributed by atoms with Crippen LogP contribution in [-0.2, 0) is 11.2 Å². The summed E-state index contributed by atoms with van der Waals surface area (Å²) in [5, 5.41) is 6.31. The number of aryl methyl sites for hydroxylation is 2. The Bertz CT molecular complexity index is 478. The molecule has 0 saturated carbocycles. The summed E-state index contributed by atoms with van der Waals surface area (Å²) in [5.74, 6) is 0.0343. The Balaban J connectivity index is 2.27. The molecule has 0 unspecified atom stereocenters. The molecule has 0 aliphatic carbocycles. The summed E-state index contributed by atoms with van der Waals surface area (Å²) in [5.41, 5.74) is 11.6. The third-order valence-electron chi connectivity index (χ3n) is 3.01. The standard InChI is InChI=1S/C14H20N4O/c1-11-5-6-13(9-12(11)2)10-14(19)16-7-3-4-8-17-18-15/h5-6,9H,3-4,7-8,10H2,1-2H3,(H,16,19). The van der Waals surface area contributed by atoms with Gasteiger partial charge in [-0.15, -0.1) is 0 Å². The van der Waals surface area contributed by atoms with Gasteiger partial charge in [-0.2, -0.15) is 0 Å². The van der Waals surface area contributed by atoms with Crippen LogP contribution in [0.2, 0.25) is 0 Å². The summed E-state index contributed by atoms with van der Waals surface area (Å²) in [4.78, 5) is 14.4. The van der Waals surface area contributed by atoms with Gasteiger partial charge in [0.1, 0.15) is 0 Å². The molecule has 102 valence electrons. The molecule has 5 heteroatoms. The van der Waals surface area contributed by atoms with E-state index in [0.717, 1.165) is 18.4 Å². The molecule has 1 N–H and O–H groups in total. The molecule has 0 radical (unpaired) electrons. The van der Waals surface area contributed by atoms with Gasteiger partial charge in [0.25, 0.3) is 0 Å². The maximum Gasteiger partial charge on any atom is 0.224 e. The largest absolute Gasteiger partial charge is 0.356 e. The zero-order chi connectivity index (χ0) is 14.1. The SMILES string of the molecule is Cc1ccc(CC(=O)NCCCCN=[N+]=[N-])cc1C. The highest BCUT2D eigenvalue weighted by molar-refractivity contribution is 5.78. The summed E-state index contributed by atoms with van der Waals surface area (Å²) in [6.45, 7) is 5.23. The monoisotopic (exact) mass is 260 g/mol. The van der Waals surface area contributed by atoms with Gasteiger partial charge in [0.15, 0.2) is 0 Å². The van der Waals surface area contributed by atoms with Crippen LogP contribution < -0.4 is 5.32 Å². The highest BCUT2D eigenvalue weighted by Crippen LogP contribution is 2.10. The maximum absolute atomic E-state index is 11.7. The molecular weight excluding hydrogens is 240 g/mol. The fraction of sp³-hybridized carbons (Fsp3) is 0.500. The lowest BCUT2D eigenvalue weighted by atomic mass is 10.0. The van der Waals surface area contributed by atoms with Gasteiger partial charge < -0.3 is 5.32 Å². The van der Waals surface area contributed by atoms with E-state index in [1.54, 1.807) is 0 Å². The lowest BCUT2D eigenvalue weighted by Crippen LogP contribution is -2.26. The van der Waals surface area contributed by atoms with E-state index in [4.69, 9.17) is 5.53 Å². The van der Waals surface area contributed by atoms with Crippen LogP contribution in [0.4, 0.5) is 0 Å². The molecule has 0 spiro atoms. The van der Waals surface area contributed by atoms with Crippen molar-refractivity contribution < 1.29 is 4.79 Å². The molecule has 0 saturated heterocycles. The van der Waals surface area contributed by atoms with Crippen molar-refractivity contribution in [3.8, 4) is 0 Å². The topological polar surface area (TPSA) is 77.9 Å². The first kappa shape index (κ1) is 15.1. The predicted octanol–water partition coefficient (Wildman–Crippen LogP) is 3.05. The molecule has 0 fully saturated rings. The van der Waals surface area contributed by atoms with Crippen molar-refractivity contribution in [2.24, 2.45) is 5.11 Å². The molecule has 19 heavy (non-hydrogen) atoms. The molecule has 0 atom stereocenters. The predicted molar refractivity (Wildman–Crippen MR) is 75.9 cm³/mol. The quantitative estimate of drug-likeness (QED) is 0.348. The highest BCUT2D eigenvalue weighted by Gasteiger charge is 2.03. The Morgan fingerprint density at radius 2 is 2.11 bits per heavy atom. The average molecular weight is 260 g/mol. The zero-order valence-corrected chi connectivity index (χ0v) is 11.5. The van der Waals surface area contributed by atoms with Crippen molar-refractivity contribution in [1.29, 1.82) is 0 Å². The summed E-state index contributed by atoms with van der Waals surface area (Å²) >= 11 is 0. The fourth-order valence-corrected chi connectivity index (χ4v) is 1.74. The summed E-state index contributed by atoms with van der Waals surface area (Å²) < 4.78 is 0. The second-order valence-corrected chi connectivity index (χ2v) is 4.61. The molecule has 0 aromatic heterocycles. The Labute approximate surface area is 113 Å². The van der Waals surface area contributed by atoms with Gasteiger partial charge in [0.05, 0.1) is 6.42 Å². The highest BCUT2D eigenvalue weighted by atomic mass is 16.1. The third-order valence-corrected chi connectivity index (χ3v) is 3.01. The number of nitrogens with one attached hydrogen (secondary N) is 1. The van der Waals surface area contributed by atoms with Crippen LogP contribution in [0.15, 0.2) is 23.3 Å². The Kier molecular flexibility index (Phi) is 6.47. The molecule has 0 aliphatic heterocycles. The van der Waals surface area contributed by atoms with Crippen molar-refractivity contribution in [3.63, 3.8) is 0 Å². The lowest BCUT2D eigenvalue weighted by molar-refractivity contribution is -0.120. The molecule has 1 rings (SSSR count). The number of azide groups is 1. The second kappa shape index (κ2) is 8.16. The maximum atomic E-state index is 11.7. The van der Waals surface area contributed by atoms with Crippen LogP contribution >= 0.6 is 0 Å². The molecule has 0 bridgehead atoms. The molecule has 1 aromatic rings. The Hall–Kier alpha value is -2.00. The van der Waals surface area contributed by atoms with Crippen LogP contribution in [0.5, 0.6) is 0 Å². The van der Waals surface area contributed by atoms with Crippen molar-refractivity contribution in [1.82, 2.24) is 5.32 Å². The van der Waals surface area contributed by atoms with Gasteiger partial charge in [-0.1, -0.05) is 23.3 Å². The van der Waals surface area contributed by atoms with Crippen molar-refractivity contribution in [3.05, 3.63) is 45.3 Å². The summed E-state index contributed by atoms with van der Waals surface area (Å²) in [6.07, 6.45) is 2.04. The molecular formula is C14H20N4O. The van der Waals surface area contributed by atoms with Gasteiger partial charge in [0, 0.05) is 18.0 Å². The van der Waals surface area contributed by atoms with E-state index in [2.05, 4.69) is 28.3 Å². The first-order valence-electron chi connectivity index (χ1n) is 6.47. The Morgan fingerprint density at radius 3 is 2.79 bits per heavy atom. The lowest BCUT2D eigenvalue weighted by Gasteiger charge is -2.06. The fourth-order valence-electron chi connectivity index (χ4n) is 1.74. The van der Waals surface area contributed by atoms with Crippen molar-refractivity contribution in [2.75, 3.05) is 13.1 Å². The van der Waals surface area contributed by atoms with Crippen LogP contribution in [0.1, 0.15) is 29.5 Å². The van der Waals surface area contributed by atoms with E-state index in [-0.39, 0.29) is 5.91 Å². The van der Waals surface area contributed by atoms with E-state index in [1.165, 1.54) is 11.1 Å². The van der Waals surface area contributed by atoms with Gasteiger partial charge in [-0.25, -0.2) is 0 Å². The smallest absolute Gasteiger partial charge is 0.224 e. The van der Waals surface area contributed by atoms with Crippen LogP contribution in [-0.4, -0.2) is 19.0 Å². The first-order valence-corrected chi connectivity index (χ1v) is 6.47. The molecule has 1 amide bonds. The molecule has 1 aromatic carbocycles. The number of benzene rings is 1. The van der Waals surface area contributed by atoms with Crippen molar-refractivity contribution in [2.45, 2.75) is 33.1 Å². The van der Waals surface area contributed by atoms with E-state index >= 15 is 0 Å². The second-order valence-electron chi connectivity index (χ2n) is 4.61. The molecule has 0 heterocycles. The van der Waals surface area contributed by atoms with Gasteiger partial charge >= 0.3 is 0 Å². The minimum absolute atomic E-state index is 0.0343. The van der Waals surface area contributed by atoms with Crippen molar-refractivity contribution >= 4 is 5.91 Å². The number of hydrogen-bond donors (Lipinski definition) is 1. The van der Waals surface area contributed by atoms with Gasteiger partial charge in [0.2, 0.25) is 5.91 Å².